The first-order chi connectivity index (χ1) is 9.58. The summed E-state index contributed by atoms with van der Waals surface area (Å²) in [5.41, 5.74) is 1.57. The number of hydrogen-bond acceptors (Lipinski definition) is 2. The van der Waals surface area contributed by atoms with E-state index in [0.717, 1.165) is 17.5 Å². The normalized spacial score (nSPS) is 22.6. The predicted octanol–water partition coefficient (Wildman–Crippen LogP) is 5.23. The largest absolute Gasteiger partial charge is 0.382 e. The van der Waals surface area contributed by atoms with E-state index in [1.54, 1.807) is 6.07 Å². The molecule has 0 saturated heterocycles. The molecule has 1 aromatic rings. The van der Waals surface area contributed by atoms with Crippen molar-refractivity contribution < 1.29 is 0 Å². The van der Waals surface area contributed by atoms with Gasteiger partial charge in [-0.15, -0.1) is 0 Å². The SMILES string of the molecule is CC(C)CC1CCCC(Nc2ccc(C#N)c(Cl)c2)C1. The second kappa shape index (κ2) is 6.99. The van der Waals surface area contributed by atoms with Gasteiger partial charge < -0.3 is 5.32 Å². The molecule has 0 bridgehead atoms. The smallest absolute Gasteiger partial charge is 0.101 e. The average Bonchev–Trinajstić information content (AvgIpc) is 2.38. The minimum atomic E-state index is 0.534. The van der Waals surface area contributed by atoms with Crippen molar-refractivity contribution in [1.29, 1.82) is 5.26 Å². The Bertz CT molecular complexity index is 490. The zero-order valence-electron chi connectivity index (χ0n) is 12.3. The van der Waals surface area contributed by atoms with E-state index in [4.69, 9.17) is 16.9 Å². The molecule has 2 nitrogen and oxygen atoms in total. The van der Waals surface area contributed by atoms with Gasteiger partial charge in [-0.3, -0.25) is 0 Å². The molecule has 1 saturated carbocycles. The first-order valence-corrected chi connectivity index (χ1v) is 7.92. The molecule has 0 radical (unpaired) electrons. The van der Waals surface area contributed by atoms with Gasteiger partial charge in [0.2, 0.25) is 0 Å². The van der Waals surface area contributed by atoms with Crippen molar-refractivity contribution >= 4 is 17.3 Å². The van der Waals surface area contributed by atoms with Crippen LogP contribution in [0.4, 0.5) is 5.69 Å². The van der Waals surface area contributed by atoms with Crippen molar-refractivity contribution in [2.45, 2.75) is 52.0 Å². The van der Waals surface area contributed by atoms with Gasteiger partial charge in [0.1, 0.15) is 6.07 Å². The first-order valence-electron chi connectivity index (χ1n) is 7.54. The molecule has 1 aliphatic rings. The quantitative estimate of drug-likeness (QED) is 0.824. The molecule has 2 unspecified atom stereocenters. The van der Waals surface area contributed by atoms with Gasteiger partial charge in [-0.2, -0.15) is 5.26 Å². The third-order valence-corrected chi connectivity index (χ3v) is 4.36. The molecule has 1 aromatic carbocycles. The van der Waals surface area contributed by atoms with Crippen LogP contribution < -0.4 is 5.32 Å². The molecular formula is C17H23ClN2. The van der Waals surface area contributed by atoms with Gasteiger partial charge in [0.15, 0.2) is 0 Å². The summed E-state index contributed by atoms with van der Waals surface area (Å²) >= 11 is 6.08. The van der Waals surface area contributed by atoms with Gasteiger partial charge >= 0.3 is 0 Å². The molecule has 1 aliphatic carbocycles. The van der Waals surface area contributed by atoms with Crippen molar-refractivity contribution in [1.82, 2.24) is 0 Å². The van der Waals surface area contributed by atoms with Gasteiger partial charge in [0, 0.05) is 11.7 Å². The number of halogens is 1. The van der Waals surface area contributed by atoms with Crippen LogP contribution in [-0.4, -0.2) is 6.04 Å². The number of nitrogens with one attached hydrogen (secondary N) is 1. The highest BCUT2D eigenvalue weighted by atomic mass is 35.5. The van der Waals surface area contributed by atoms with Crippen molar-refractivity contribution in [3.05, 3.63) is 28.8 Å². The molecule has 1 fully saturated rings. The number of benzene rings is 1. The fourth-order valence-corrected chi connectivity index (χ4v) is 3.46. The predicted molar refractivity (Wildman–Crippen MR) is 85.0 cm³/mol. The molecule has 2 atom stereocenters. The van der Waals surface area contributed by atoms with Crippen LogP contribution in [0.2, 0.25) is 5.02 Å². The Morgan fingerprint density at radius 2 is 2.20 bits per heavy atom. The highest BCUT2D eigenvalue weighted by Crippen LogP contribution is 2.31. The standard InChI is InChI=1S/C17H23ClN2/c1-12(2)8-13-4-3-5-15(9-13)20-16-7-6-14(11-19)17(18)10-16/h6-7,10,12-13,15,20H,3-5,8-9H2,1-2H3. The van der Waals surface area contributed by atoms with Gasteiger partial charge in [-0.1, -0.05) is 38.3 Å². The van der Waals surface area contributed by atoms with E-state index in [2.05, 4.69) is 25.2 Å². The molecule has 20 heavy (non-hydrogen) atoms. The fraction of sp³-hybridized carbons (Fsp3) is 0.588. The maximum atomic E-state index is 8.89. The monoisotopic (exact) mass is 290 g/mol. The van der Waals surface area contributed by atoms with Gasteiger partial charge in [0.05, 0.1) is 10.6 Å². The Balaban J connectivity index is 1.96. The van der Waals surface area contributed by atoms with Gasteiger partial charge in [-0.25, -0.2) is 0 Å². The summed E-state index contributed by atoms with van der Waals surface area (Å²) in [6.45, 7) is 4.61. The fourth-order valence-electron chi connectivity index (χ4n) is 3.23. The number of hydrogen-bond donors (Lipinski definition) is 1. The summed E-state index contributed by atoms with van der Waals surface area (Å²) in [4.78, 5) is 0. The second-order valence-corrected chi connectivity index (χ2v) is 6.72. The van der Waals surface area contributed by atoms with Crippen LogP contribution in [0.5, 0.6) is 0 Å². The minimum absolute atomic E-state index is 0.534. The van der Waals surface area contributed by atoms with Gasteiger partial charge in [-0.05, 0) is 49.3 Å². The highest BCUT2D eigenvalue weighted by Gasteiger charge is 2.22. The third kappa shape index (κ3) is 4.15. The lowest BCUT2D eigenvalue weighted by Gasteiger charge is -2.31. The van der Waals surface area contributed by atoms with Crippen molar-refractivity contribution in [2.24, 2.45) is 11.8 Å². The van der Waals surface area contributed by atoms with E-state index >= 15 is 0 Å². The first kappa shape index (κ1) is 15.2. The Labute approximate surface area is 127 Å². The number of nitriles is 1. The van der Waals surface area contributed by atoms with E-state index < -0.39 is 0 Å². The maximum Gasteiger partial charge on any atom is 0.101 e. The summed E-state index contributed by atoms with van der Waals surface area (Å²) in [6.07, 6.45) is 6.47. The molecule has 108 valence electrons. The number of nitrogens with zero attached hydrogens (tertiary/aromatic N) is 1. The molecule has 0 aliphatic heterocycles. The zero-order valence-corrected chi connectivity index (χ0v) is 13.1. The molecule has 0 spiro atoms. The minimum Gasteiger partial charge on any atom is -0.382 e. The topological polar surface area (TPSA) is 35.8 Å². The van der Waals surface area contributed by atoms with Crippen molar-refractivity contribution in [2.75, 3.05) is 5.32 Å². The molecule has 0 aromatic heterocycles. The molecule has 2 rings (SSSR count). The van der Waals surface area contributed by atoms with E-state index in [0.29, 0.717) is 16.6 Å². The summed E-state index contributed by atoms with van der Waals surface area (Å²) < 4.78 is 0. The molecule has 1 N–H and O–H groups in total. The third-order valence-electron chi connectivity index (χ3n) is 4.05. The summed E-state index contributed by atoms with van der Waals surface area (Å²) in [7, 11) is 0. The molecule has 0 heterocycles. The Hall–Kier alpha value is -1.20. The van der Waals surface area contributed by atoms with Crippen LogP contribution in [0, 0.1) is 23.2 Å². The van der Waals surface area contributed by atoms with E-state index in [-0.39, 0.29) is 0 Å². The van der Waals surface area contributed by atoms with Gasteiger partial charge in [0.25, 0.3) is 0 Å². The lowest BCUT2D eigenvalue weighted by Crippen LogP contribution is -2.27. The summed E-state index contributed by atoms with van der Waals surface area (Å²) in [5.74, 6) is 1.62. The molecule has 0 amide bonds. The van der Waals surface area contributed by atoms with Crippen molar-refractivity contribution in [3.63, 3.8) is 0 Å². The Morgan fingerprint density at radius 1 is 1.40 bits per heavy atom. The van der Waals surface area contributed by atoms with Crippen LogP contribution in [0.1, 0.15) is 51.5 Å². The number of anilines is 1. The van der Waals surface area contributed by atoms with Crippen LogP contribution >= 0.6 is 11.6 Å². The lowest BCUT2D eigenvalue weighted by molar-refractivity contribution is 0.289. The summed E-state index contributed by atoms with van der Waals surface area (Å²) in [5, 5.41) is 13.0. The van der Waals surface area contributed by atoms with Crippen LogP contribution in [0.15, 0.2) is 18.2 Å². The summed E-state index contributed by atoms with van der Waals surface area (Å²) in [6, 6.07) is 8.25. The lowest BCUT2D eigenvalue weighted by atomic mass is 9.81. The van der Waals surface area contributed by atoms with E-state index in [1.807, 2.05) is 12.1 Å². The molecular weight excluding hydrogens is 268 g/mol. The number of rotatable bonds is 4. The highest BCUT2D eigenvalue weighted by molar-refractivity contribution is 6.32. The van der Waals surface area contributed by atoms with Crippen LogP contribution in [0.25, 0.3) is 0 Å². The maximum absolute atomic E-state index is 8.89. The average molecular weight is 291 g/mol. The zero-order chi connectivity index (χ0) is 14.5. The Kier molecular flexibility index (Phi) is 5.31. The molecule has 3 heteroatoms. The van der Waals surface area contributed by atoms with E-state index in [1.165, 1.54) is 32.1 Å². The van der Waals surface area contributed by atoms with Crippen molar-refractivity contribution in [3.8, 4) is 6.07 Å². The van der Waals surface area contributed by atoms with Crippen LogP contribution in [0.3, 0.4) is 0 Å². The Morgan fingerprint density at radius 3 is 2.85 bits per heavy atom. The van der Waals surface area contributed by atoms with E-state index in [9.17, 15) is 0 Å². The second-order valence-electron chi connectivity index (χ2n) is 6.31. The van der Waals surface area contributed by atoms with Crippen LogP contribution in [-0.2, 0) is 0 Å².